The molecule has 0 bridgehead atoms. The van der Waals surface area contributed by atoms with Crippen LogP contribution in [0.2, 0.25) is 0 Å². The summed E-state index contributed by atoms with van der Waals surface area (Å²) < 4.78 is 31.6. The predicted molar refractivity (Wildman–Crippen MR) is 162 cm³/mol. The van der Waals surface area contributed by atoms with Crippen LogP contribution in [0.4, 0.5) is 0 Å². The number of ether oxygens (including phenoxy) is 1. The number of rotatable bonds is 12. The Bertz CT molecular complexity index is 1330. The fraction of sp³-hybridized carbons (Fsp3) is 0.387. The Balaban J connectivity index is 0.00000441. The maximum absolute atomic E-state index is 12.7. The Morgan fingerprint density at radius 1 is 0.975 bits per heavy atom. The number of sulfonamides is 1. The highest BCUT2D eigenvalue weighted by atomic mass is 35.5. The monoisotopic (exact) mass is 586 g/mol. The summed E-state index contributed by atoms with van der Waals surface area (Å²) in [7, 11) is -3.69. The van der Waals surface area contributed by atoms with E-state index in [1.54, 1.807) is 6.07 Å². The van der Waals surface area contributed by atoms with E-state index >= 15 is 0 Å². The quantitative estimate of drug-likeness (QED) is 0.244. The van der Waals surface area contributed by atoms with E-state index in [1.165, 1.54) is 12.0 Å². The number of halogens is 1. The molecule has 1 fully saturated rings. The number of aliphatic hydroxyl groups excluding tert-OH is 1. The lowest BCUT2D eigenvalue weighted by Crippen LogP contribution is -2.30. The van der Waals surface area contributed by atoms with Gasteiger partial charge in [0.05, 0.1) is 24.0 Å². The second-order valence-corrected chi connectivity index (χ2v) is 12.0. The van der Waals surface area contributed by atoms with Gasteiger partial charge in [0, 0.05) is 6.54 Å². The lowest BCUT2D eigenvalue weighted by molar-refractivity contribution is 0.0969. The molecule has 9 heteroatoms. The van der Waals surface area contributed by atoms with E-state index in [1.807, 2.05) is 42.5 Å². The maximum Gasteiger partial charge on any atom is 0.268 e. The number of benzene rings is 3. The highest BCUT2D eigenvalue weighted by molar-refractivity contribution is 7.89. The van der Waals surface area contributed by atoms with Gasteiger partial charge in [-0.15, -0.1) is 12.4 Å². The van der Waals surface area contributed by atoms with E-state index < -0.39 is 22.0 Å². The molecular weight excluding hydrogens is 548 g/mol. The SMILES string of the molecule is CS(=O)(=O)NC(=O)c1ccc(-c2ccc(CCCNC[C@@H](O)c3ccccc3)cc2)cc1OC1CCCCC1.Cl. The third kappa shape index (κ3) is 9.63. The minimum Gasteiger partial charge on any atom is -0.490 e. The van der Waals surface area contributed by atoms with Gasteiger partial charge in [0.1, 0.15) is 5.75 Å². The summed E-state index contributed by atoms with van der Waals surface area (Å²) in [6, 6.07) is 23.2. The van der Waals surface area contributed by atoms with E-state index in [0.717, 1.165) is 68.0 Å². The van der Waals surface area contributed by atoms with Crippen molar-refractivity contribution in [3.63, 3.8) is 0 Å². The van der Waals surface area contributed by atoms with Gasteiger partial charge in [-0.25, -0.2) is 13.1 Å². The molecule has 0 aliphatic heterocycles. The van der Waals surface area contributed by atoms with E-state index in [-0.39, 0.29) is 24.1 Å². The van der Waals surface area contributed by atoms with E-state index in [4.69, 9.17) is 4.74 Å². The van der Waals surface area contributed by atoms with Gasteiger partial charge in [-0.3, -0.25) is 4.79 Å². The average molecular weight is 587 g/mol. The lowest BCUT2D eigenvalue weighted by Gasteiger charge is -2.24. The average Bonchev–Trinajstić information content (AvgIpc) is 2.93. The van der Waals surface area contributed by atoms with Crippen molar-refractivity contribution in [2.24, 2.45) is 0 Å². The highest BCUT2D eigenvalue weighted by Crippen LogP contribution is 2.31. The van der Waals surface area contributed by atoms with E-state index in [0.29, 0.717) is 12.3 Å². The van der Waals surface area contributed by atoms with Gasteiger partial charge in [-0.1, -0.05) is 67.1 Å². The summed E-state index contributed by atoms with van der Waals surface area (Å²) in [6.07, 6.45) is 7.52. The van der Waals surface area contributed by atoms with Gasteiger partial charge in [0.15, 0.2) is 0 Å². The van der Waals surface area contributed by atoms with Crippen LogP contribution in [0.15, 0.2) is 72.8 Å². The van der Waals surface area contributed by atoms with Crippen LogP contribution in [-0.4, -0.2) is 44.9 Å². The molecule has 1 amide bonds. The molecule has 0 aromatic heterocycles. The summed E-state index contributed by atoms with van der Waals surface area (Å²) in [6.45, 7) is 1.33. The van der Waals surface area contributed by atoms with Crippen LogP contribution in [0.5, 0.6) is 5.75 Å². The standard InChI is InChI=1S/C31H38N2O5S.ClH/c1-39(36,37)33-31(35)28-19-18-26(21-30(28)38-27-12-6-3-7-13-27)24-16-14-23(15-17-24)9-8-20-32-22-29(34)25-10-4-2-5-11-25;/h2,4-5,10-11,14-19,21,27,29,32,34H,3,6-9,12-13,20,22H2,1H3,(H,33,35);1H/t29-;/m1./s1. The molecule has 3 aromatic rings. The van der Waals surface area contributed by atoms with Gasteiger partial charge >= 0.3 is 0 Å². The van der Waals surface area contributed by atoms with Crippen LogP contribution < -0.4 is 14.8 Å². The topological polar surface area (TPSA) is 105 Å². The molecule has 1 atom stereocenters. The molecule has 0 spiro atoms. The largest absolute Gasteiger partial charge is 0.490 e. The fourth-order valence-electron chi connectivity index (χ4n) is 4.89. The van der Waals surface area contributed by atoms with Gasteiger partial charge in [-0.2, -0.15) is 0 Å². The molecule has 0 saturated heterocycles. The number of hydrogen-bond acceptors (Lipinski definition) is 6. The Hall–Kier alpha value is -2.91. The minimum absolute atomic E-state index is 0. The molecule has 4 rings (SSSR count). The first-order valence-electron chi connectivity index (χ1n) is 13.6. The van der Waals surface area contributed by atoms with Gasteiger partial charge < -0.3 is 15.2 Å². The number of aryl methyl sites for hydroxylation is 1. The van der Waals surface area contributed by atoms with Gasteiger partial charge in [0.2, 0.25) is 10.0 Å². The highest BCUT2D eigenvalue weighted by Gasteiger charge is 2.21. The number of nitrogens with one attached hydrogen (secondary N) is 2. The molecule has 40 heavy (non-hydrogen) atoms. The first kappa shape index (κ1) is 31.6. The number of amides is 1. The smallest absolute Gasteiger partial charge is 0.268 e. The molecule has 0 radical (unpaired) electrons. The van der Waals surface area contributed by atoms with Crippen molar-refractivity contribution < 1.29 is 23.1 Å². The molecule has 3 aromatic carbocycles. The van der Waals surface area contributed by atoms with Crippen molar-refractivity contribution >= 4 is 28.3 Å². The second-order valence-electron chi connectivity index (χ2n) is 10.2. The zero-order valence-electron chi connectivity index (χ0n) is 22.8. The number of hydrogen-bond donors (Lipinski definition) is 3. The molecular formula is C31H39ClN2O5S. The molecule has 0 unspecified atom stereocenters. The third-order valence-electron chi connectivity index (χ3n) is 6.98. The van der Waals surface area contributed by atoms with Crippen molar-refractivity contribution in [1.82, 2.24) is 10.0 Å². The maximum atomic E-state index is 12.7. The first-order chi connectivity index (χ1) is 18.8. The van der Waals surface area contributed by atoms with Gasteiger partial charge in [-0.05, 0) is 79.5 Å². The lowest BCUT2D eigenvalue weighted by atomic mass is 9.97. The molecule has 1 saturated carbocycles. The summed E-state index contributed by atoms with van der Waals surface area (Å²) in [5, 5.41) is 13.6. The third-order valence-corrected chi connectivity index (χ3v) is 7.53. The van der Waals surface area contributed by atoms with E-state index in [2.05, 4.69) is 34.3 Å². The zero-order valence-corrected chi connectivity index (χ0v) is 24.5. The van der Waals surface area contributed by atoms with Crippen molar-refractivity contribution in [3.8, 4) is 16.9 Å². The van der Waals surface area contributed by atoms with Crippen LogP contribution >= 0.6 is 12.4 Å². The van der Waals surface area contributed by atoms with Crippen molar-refractivity contribution in [1.29, 1.82) is 0 Å². The first-order valence-corrected chi connectivity index (χ1v) is 15.5. The second kappa shape index (κ2) is 15.2. The molecule has 7 nitrogen and oxygen atoms in total. The summed E-state index contributed by atoms with van der Waals surface area (Å²) in [4.78, 5) is 12.7. The van der Waals surface area contributed by atoms with Crippen LogP contribution in [0.1, 0.15) is 66.1 Å². The Kier molecular flexibility index (Phi) is 12.0. The van der Waals surface area contributed by atoms with Crippen LogP contribution in [0.25, 0.3) is 11.1 Å². The molecule has 1 aliphatic carbocycles. The molecule has 216 valence electrons. The number of carbonyl (C=O) groups excluding carboxylic acids is 1. The number of aliphatic hydroxyl groups is 1. The number of carbonyl (C=O) groups is 1. The molecule has 1 aliphatic rings. The van der Waals surface area contributed by atoms with Crippen LogP contribution in [0.3, 0.4) is 0 Å². The normalized spacial score (nSPS) is 14.7. The van der Waals surface area contributed by atoms with Crippen molar-refractivity contribution in [2.75, 3.05) is 19.3 Å². The summed E-state index contributed by atoms with van der Waals surface area (Å²) >= 11 is 0. The van der Waals surface area contributed by atoms with E-state index in [9.17, 15) is 18.3 Å². The zero-order chi connectivity index (χ0) is 27.7. The predicted octanol–water partition coefficient (Wildman–Crippen LogP) is 5.43. The van der Waals surface area contributed by atoms with Crippen LogP contribution in [0, 0.1) is 0 Å². The minimum atomic E-state index is -3.69. The Labute approximate surface area is 243 Å². The van der Waals surface area contributed by atoms with Gasteiger partial charge in [0.25, 0.3) is 5.91 Å². The fourth-order valence-corrected chi connectivity index (χ4v) is 5.33. The Morgan fingerprint density at radius 2 is 1.65 bits per heavy atom. The van der Waals surface area contributed by atoms with Crippen molar-refractivity contribution in [2.45, 2.75) is 57.2 Å². The molecule has 3 N–H and O–H groups in total. The summed E-state index contributed by atoms with van der Waals surface area (Å²) in [5.74, 6) is -0.275. The Morgan fingerprint density at radius 3 is 2.33 bits per heavy atom. The molecule has 0 heterocycles. The van der Waals surface area contributed by atoms with Crippen molar-refractivity contribution in [3.05, 3.63) is 89.5 Å². The van der Waals surface area contributed by atoms with Crippen LogP contribution in [-0.2, 0) is 16.4 Å². The summed E-state index contributed by atoms with van der Waals surface area (Å²) in [5.41, 5.74) is 4.24.